The monoisotopic (exact) mass is 709 g/mol. The average molecular weight is 709 g/mol. The van der Waals surface area contributed by atoms with Crippen LogP contribution >= 0.6 is 0 Å². The van der Waals surface area contributed by atoms with E-state index in [4.69, 9.17) is 14.2 Å². The average Bonchev–Trinajstić information content (AvgIpc) is 3.08. The van der Waals surface area contributed by atoms with Crippen LogP contribution in [0.5, 0.6) is 0 Å². The molecule has 296 valence electrons. The smallest absolute Gasteiger partial charge is 0.306 e. The summed E-state index contributed by atoms with van der Waals surface area (Å²) >= 11 is 0. The Bertz CT molecular complexity index is 778. The van der Waals surface area contributed by atoms with Gasteiger partial charge in [0.2, 0.25) is 0 Å². The highest BCUT2D eigenvalue weighted by Crippen LogP contribution is 2.17. The molecule has 0 spiro atoms. The first-order chi connectivity index (χ1) is 24.1. The van der Waals surface area contributed by atoms with Gasteiger partial charge in [0.15, 0.2) is 6.10 Å². The fourth-order valence-electron chi connectivity index (χ4n) is 6.32. The van der Waals surface area contributed by atoms with E-state index in [1.807, 2.05) is 0 Å². The zero-order chi connectivity index (χ0) is 37.1. The topological polar surface area (TPSA) is 78.9 Å². The van der Waals surface area contributed by atoms with Gasteiger partial charge in [-0.15, -0.1) is 0 Å². The fraction of sp³-hybridized carbons (Fsp3) is 0.932. The first-order valence-electron chi connectivity index (χ1n) is 21.6. The van der Waals surface area contributed by atoms with E-state index in [0.29, 0.717) is 19.3 Å². The van der Waals surface area contributed by atoms with Crippen molar-refractivity contribution in [3.8, 4) is 0 Å². The quantitative estimate of drug-likeness (QED) is 0.0363. The summed E-state index contributed by atoms with van der Waals surface area (Å²) in [6.45, 7) is 13.6. The molecule has 0 aromatic carbocycles. The molecule has 0 bridgehead atoms. The van der Waals surface area contributed by atoms with Crippen molar-refractivity contribution in [3.05, 3.63) is 0 Å². The third-order valence-corrected chi connectivity index (χ3v) is 10.0. The molecule has 0 fully saturated rings. The van der Waals surface area contributed by atoms with E-state index in [1.54, 1.807) is 0 Å². The van der Waals surface area contributed by atoms with Crippen LogP contribution < -0.4 is 0 Å². The van der Waals surface area contributed by atoms with Crippen LogP contribution in [-0.2, 0) is 28.6 Å². The number of carbonyl (C=O) groups excluding carboxylic acids is 3. The number of hydrogen-bond donors (Lipinski definition) is 0. The van der Waals surface area contributed by atoms with Gasteiger partial charge in [-0.05, 0) is 37.0 Å². The van der Waals surface area contributed by atoms with Gasteiger partial charge in [-0.25, -0.2) is 0 Å². The highest BCUT2D eigenvalue weighted by molar-refractivity contribution is 5.71. The van der Waals surface area contributed by atoms with Crippen LogP contribution in [0.2, 0.25) is 0 Å². The summed E-state index contributed by atoms with van der Waals surface area (Å²) < 4.78 is 16.7. The number of esters is 3. The molecule has 0 saturated heterocycles. The molecule has 50 heavy (non-hydrogen) atoms. The summed E-state index contributed by atoms with van der Waals surface area (Å²) in [6, 6.07) is 0. The van der Waals surface area contributed by atoms with Gasteiger partial charge in [0.1, 0.15) is 13.2 Å². The Labute approximate surface area is 310 Å². The van der Waals surface area contributed by atoms with E-state index in [1.165, 1.54) is 109 Å². The SMILES string of the molecule is CCC(C)CCCCCCCCC(=O)OC[C@H](COC(=O)CCCCCCCCCCC(C)C)OC(=O)CCCCCCCCCCC(C)C. The molecule has 1 unspecified atom stereocenters. The third-order valence-electron chi connectivity index (χ3n) is 10.0. The predicted octanol–water partition coefficient (Wildman–Crippen LogP) is 13.3. The minimum absolute atomic E-state index is 0.0678. The van der Waals surface area contributed by atoms with Crippen LogP contribution in [0, 0.1) is 17.8 Å². The van der Waals surface area contributed by atoms with Gasteiger partial charge in [-0.3, -0.25) is 14.4 Å². The molecule has 2 atom stereocenters. The van der Waals surface area contributed by atoms with Crippen LogP contribution in [-0.4, -0.2) is 37.2 Å². The largest absolute Gasteiger partial charge is 0.462 e. The minimum atomic E-state index is -0.762. The lowest BCUT2D eigenvalue weighted by Gasteiger charge is -2.18. The molecule has 0 N–H and O–H groups in total. The van der Waals surface area contributed by atoms with Crippen LogP contribution in [0.3, 0.4) is 0 Å². The minimum Gasteiger partial charge on any atom is -0.462 e. The van der Waals surface area contributed by atoms with E-state index < -0.39 is 6.10 Å². The Morgan fingerprint density at radius 2 is 0.700 bits per heavy atom. The normalized spacial score (nSPS) is 12.7. The molecule has 6 nitrogen and oxygen atoms in total. The molecule has 0 aliphatic rings. The molecule has 0 aliphatic carbocycles. The lowest BCUT2D eigenvalue weighted by atomic mass is 10.00. The van der Waals surface area contributed by atoms with Crippen LogP contribution in [0.1, 0.15) is 228 Å². The van der Waals surface area contributed by atoms with Crippen molar-refractivity contribution in [3.63, 3.8) is 0 Å². The molecule has 0 heterocycles. The van der Waals surface area contributed by atoms with E-state index >= 15 is 0 Å². The number of carbonyl (C=O) groups is 3. The summed E-state index contributed by atoms with van der Waals surface area (Å²) in [5.74, 6) is 1.53. The van der Waals surface area contributed by atoms with Gasteiger partial charge >= 0.3 is 17.9 Å². The first-order valence-corrected chi connectivity index (χ1v) is 21.6. The van der Waals surface area contributed by atoms with Gasteiger partial charge < -0.3 is 14.2 Å². The molecular formula is C44H84O6. The second kappa shape index (κ2) is 35.8. The Balaban J connectivity index is 4.37. The second-order valence-corrected chi connectivity index (χ2v) is 16.2. The molecule has 0 aromatic rings. The van der Waals surface area contributed by atoms with Crippen LogP contribution in [0.25, 0.3) is 0 Å². The van der Waals surface area contributed by atoms with E-state index in [-0.39, 0.29) is 31.1 Å². The van der Waals surface area contributed by atoms with Crippen molar-refractivity contribution >= 4 is 17.9 Å². The molecule has 0 aliphatic heterocycles. The Kier molecular flexibility index (Phi) is 34.7. The summed E-state index contributed by atoms with van der Waals surface area (Å²) in [7, 11) is 0. The van der Waals surface area contributed by atoms with Gasteiger partial charge in [0.05, 0.1) is 0 Å². The van der Waals surface area contributed by atoms with Gasteiger partial charge in [0, 0.05) is 19.3 Å². The zero-order valence-corrected chi connectivity index (χ0v) is 34.2. The van der Waals surface area contributed by atoms with Crippen molar-refractivity contribution in [2.45, 2.75) is 234 Å². The predicted molar refractivity (Wildman–Crippen MR) is 210 cm³/mol. The van der Waals surface area contributed by atoms with Crippen molar-refractivity contribution in [2.75, 3.05) is 13.2 Å². The van der Waals surface area contributed by atoms with Gasteiger partial charge in [0.25, 0.3) is 0 Å². The summed E-state index contributed by atoms with van der Waals surface area (Å²) in [5, 5.41) is 0. The molecule has 0 rings (SSSR count). The van der Waals surface area contributed by atoms with Crippen molar-refractivity contribution in [2.24, 2.45) is 17.8 Å². The maximum Gasteiger partial charge on any atom is 0.306 e. The molecule has 0 amide bonds. The van der Waals surface area contributed by atoms with E-state index in [2.05, 4.69) is 41.5 Å². The lowest BCUT2D eigenvalue weighted by molar-refractivity contribution is -0.167. The Hall–Kier alpha value is -1.59. The zero-order valence-electron chi connectivity index (χ0n) is 34.2. The van der Waals surface area contributed by atoms with Crippen molar-refractivity contribution in [1.82, 2.24) is 0 Å². The van der Waals surface area contributed by atoms with Crippen LogP contribution in [0.4, 0.5) is 0 Å². The first kappa shape index (κ1) is 48.4. The van der Waals surface area contributed by atoms with Gasteiger partial charge in [-0.1, -0.05) is 189 Å². The number of rotatable bonds is 37. The van der Waals surface area contributed by atoms with Crippen LogP contribution in [0.15, 0.2) is 0 Å². The third kappa shape index (κ3) is 36.2. The van der Waals surface area contributed by atoms with E-state index in [9.17, 15) is 14.4 Å². The maximum atomic E-state index is 12.7. The standard InChI is InChI=1S/C44H84O6/c1-7-40(6)32-26-20-16-17-22-28-34-43(46)49-37-41(50-44(47)35-29-23-15-11-9-13-19-25-31-39(4)5)36-48-42(45)33-27-21-14-10-8-12-18-24-30-38(2)3/h38-41H,7-37H2,1-6H3/t40?,41-/m0/s1. The molecule has 0 aromatic heterocycles. The molecule has 0 radical (unpaired) electrons. The second-order valence-electron chi connectivity index (χ2n) is 16.2. The molecule has 6 heteroatoms. The highest BCUT2D eigenvalue weighted by atomic mass is 16.6. The Morgan fingerprint density at radius 3 is 1.04 bits per heavy atom. The van der Waals surface area contributed by atoms with E-state index in [0.717, 1.165) is 75.5 Å². The summed E-state index contributed by atoms with van der Waals surface area (Å²) in [5.41, 5.74) is 0. The fourth-order valence-corrected chi connectivity index (χ4v) is 6.32. The number of hydrogen-bond acceptors (Lipinski definition) is 6. The molecular weight excluding hydrogens is 624 g/mol. The number of ether oxygens (including phenoxy) is 3. The lowest BCUT2D eigenvalue weighted by Crippen LogP contribution is -2.30. The van der Waals surface area contributed by atoms with Crippen molar-refractivity contribution in [1.29, 1.82) is 0 Å². The maximum absolute atomic E-state index is 12.7. The van der Waals surface area contributed by atoms with Gasteiger partial charge in [-0.2, -0.15) is 0 Å². The summed E-state index contributed by atoms with van der Waals surface area (Å²) in [6.07, 6.45) is 31.0. The highest BCUT2D eigenvalue weighted by Gasteiger charge is 2.19. The molecule has 0 saturated carbocycles. The summed E-state index contributed by atoms with van der Waals surface area (Å²) in [4.78, 5) is 37.6. The van der Waals surface area contributed by atoms with Crippen molar-refractivity contribution < 1.29 is 28.6 Å². The Morgan fingerprint density at radius 1 is 0.400 bits per heavy atom. The number of unbranched alkanes of at least 4 members (excludes halogenated alkanes) is 19.